The molecule has 3 atom stereocenters. The van der Waals surface area contributed by atoms with Crippen molar-refractivity contribution in [2.24, 2.45) is 11.8 Å². The smallest absolute Gasteiger partial charge is 0.137 e. The standard InChI is InChI=1S/C15H22O2/c16-13-7-6-10-8-12(5-4-11(10)9-13)14-2-1-3-15(14)17/h12,14-15,17H,1-9H2/t12-,14+,15+/m0/s1. The Morgan fingerprint density at radius 1 is 1.00 bits per heavy atom. The Morgan fingerprint density at radius 3 is 2.65 bits per heavy atom. The van der Waals surface area contributed by atoms with E-state index >= 15 is 0 Å². The van der Waals surface area contributed by atoms with Gasteiger partial charge >= 0.3 is 0 Å². The molecule has 1 N–H and O–H groups in total. The molecule has 2 heteroatoms. The van der Waals surface area contributed by atoms with Gasteiger partial charge in [-0.15, -0.1) is 0 Å². The fourth-order valence-electron chi connectivity index (χ4n) is 4.09. The summed E-state index contributed by atoms with van der Waals surface area (Å²) in [7, 11) is 0. The van der Waals surface area contributed by atoms with Crippen LogP contribution in [-0.2, 0) is 4.79 Å². The molecule has 94 valence electrons. The van der Waals surface area contributed by atoms with Crippen LogP contribution >= 0.6 is 0 Å². The van der Waals surface area contributed by atoms with E-state index in [1.807, 2.05) is 0 Å². The van der Waals surface area contributed by atoms with Gasteiger partial charge in [0.05, 0.1) is 6.10 Å². The highest BCUT2D eigenvalue weighted by Crippen LogP contribution is 2.44. The molecule has 0 aromatic rings. The molecule has 17 heavy (non-hydrogen) atoms. The van der Waals surface area contributed by atoms with Crippen LogP contribution in [0.3, 0.4) is 0 Å². The summed E-state index contributed by atoms with van der Waals surface area (Å²) in [6.07, 6.45) is 9.37. The molecule has 0 bridgehead atoms. The molecular weight excluding hydrogens is 212 g/mol. The lowest BCUT2D eigenvalue weighted by Crippen LogP contribution is -2.27. The van der Waals surface area contributed by atoms with Gasteiger partial charge in [0.25, 0.3) is 0 Å². The summed E-state index contributed by atoms with van der Waals surface area (Å²) in [5.41, 5.74) is 3.02. The topological polar surface area (TPSA) is 37.3 Å². The van der Waals surface area contributed by atoms with E-state index in [9.17, 15) is 9.90 Å². The van der Waals surface area contributed by atoms with Gasteiger partial charge in [0, 0.05) is 12.8 Å². The lowest BCUT2D eigenvalue weighted by Gasteiger charge is -2.34. The SMILES string of the molecule is O=C1CCC2=C(CC[C@H]([C@H]3CCC[C@H]3O)C2)C1. The van der Waals surface area contributed by atoms with Gasteiger partial charge in [0.15, 0.2) is 0 Å². The van der Waals surface area contributed by atoms with Crippen LogP contribution in [0, 0.1) is 11.8 Å². The van der Waals surface area contributed by atoms with Crippen LogP contribution in [0.5, 0.6) is 0 Å². The van der Waals surface area contributed by atoms with E-state index in [-0.39, 0.29) is 6.10 Å². The predicted molar refractivity (Wildman–Crippen MR) is 66.6 cm³/mol. The molecule has 3 rings (SSSR count). The molecule has 0 heterocycles. The van der Waals surface area contributed by atoms with Gasteiger partial charge in [-0.1, -0.05) is 17.6 Å². The molecule has 3 aliphatic carbocycles. The van der Waals surface area contributed by atoms with Gasteiger partial charge in [-0.3, -0.25) is 4.79 Å². The van der Waals surface area contributed by atoms with Crippen molar-refractivity contribution in [2.45, 2.75) is 63.9 Å². The first-order valence-electron chi connectivity index (χ1n) is 7.13. The summed E-state index contributed by atoms with van der Waals surface area (Å²) in [5.74, 6) is 1.67. The molecule has 1 saturated carbocycles. The van der Waals surface area contributed by atoms with Crippen LogP contribution in [0.1, 0.15) is 57.8 Å². The molecule has 0 unspecified atom stereocenters. The Labute approximate surface area is 103 Å². The second-order valence-electron chi connectivity index (χ2n) is 6.09. The largest absolute Gasteiger partial charge is 0.393 e. The molecule has 0 saturated heterocycles. The molecule has 0 spiro atoms. The number of hydrogen-bond donors (Lipinski definition) is 1. The molecule has 0 radical (unpaired) electrons. The minimum Gasteiger partial charge on any atom is -0.393 e. The van der Waals surface area contributed by atoms with Gasteiger partial charge in [-0.25, -0.2) is 0 Å². The fourth-order valence-corrected chi connectivity index (χ4v) is 4.09. The molecule has 2 nitrogen and oxygen atoms in total. The van der Waals surface area contributed by atoms with Crippen LogP contribution in [0.2, 0.25) is 0 Å². The number of carbonyl (C=O) groups is 1. The third-order valence-corrected chi connectivity index (χ3v) is 5.08. The van der Waals surface area contributed by atoms with Crippen molar-refractivity contribution in [2.75, 3.05) is 0 Å². The third-order valence-electron chi connectivity index (χ3n) is 5.08. The maximum atomic E-state index is 11.4. The van der Waals surface area contributed by atoms with E-state index in [0.29, 0.717) is 17.6 Å². The van der Waals surface area contributed by atoms with Crippen LogP contribution in [0.15, 0.2) is 11.1 Å². The number of carbonyl (C=O) groups excluding carboxylic acids is 1. The van der Waals surface area contributed by atoms with E-state index in [0.717, 1.165) is 32.1 Å². The number of hydrogen-bond acceptors (Lipinski definition) is 2. The van der Waals surface area contributed by atoms with E-state index in [2.05, 4.69) is 0 Å². The van der Waals surface area contributed by atoms with Gasteiger partial charge in [-0.05, 0) is 50.4 Å². The highest BCUT2D eigenvalue weighted by Gasteiger charge is 2.35. The first-order valence-corrected chi connectivity index (χ1v) is 7.13. The second kappa shape index (κ2) is 4.56. The zero-order valence-electron chi connectivity index (χ0n) is 10.5. The Kier molecular flexibility index (Phi) is 3.08. The summed E-state index contributed by atoms with van der Waals surface area (Å²) in [6, 6.07) is 0. The number of aliphatic hydroxyl groups excluding tert-OH is 1. The highest BCUT2D eigenvalue weighted by atomic mass is 16.3. The van der Waals surface area contributed by atoms with Crippen molar-refractivity contribution in [1.29, 1.82) is 0 Å². The van der Waals surface area contributed by atoms with Gasteiger partial charge in [-0.2, -0.15) is 0 Å². The predicted octanol–water partition coefficient (Wildman–Crippen LogP) is 3.00. The highest BCUT2D eigenvalue weighted by molar-refractivity contribution is 5.82. The average molecular weight is 234 g/mol. The zero-order chi connectivity index (χ0) is 11.8. The number of ketones is 1. The number of allylic oxidation sites excluding steroid dienone is 2. The minimum absolute atomic E-state index is 0.0487. The van der Waals surface area contributed by atoms with Crippen molar-refractivity contribution in [3.63, 3.8) is 0 Å². The fraction of sp³-hybridized carbons (Fsp3) is 0.800. The van der Waals surface area contributed by atoms with Crippen molar-refractivity contribution >= 4 is 5.78 Å². The van der Waals surface area contributed by atoms with Gasteiger partial charge in [0.1, 0.15) is 5.78 Å². The van der Waals surface area contributed by atoms with Crippen LogP contribution < -0.4 is 0 Å². The summed E-state index contributed by atoms with van der Waals surface area (Å²) in [6.45, 7) is 0. The molecule has 3 aliphatic rings. The zero-order valence-corrected chi connectivity index (χ0v) is 10.5. The monoisotopic (exact) mass is 234 g/mol. The van der Waals surface area contributed by atoms with Crippen molar-refractivity contribution in [1.82, 2.24) is 0 Å². The second-order valence-corrected chi connectivity index (χ2v) is 6.09. The lowest BCUT2D eigenvalue weighted by atomic mass is 9.72. The average Bonchev–Trinajstić information content (AvgIpc) is 2.75. The molecule has 0 aromatic heterocycles. The Morgan fingerprint density at radius 2 is 1.88 bits per heavy atom. The first kappa shape index (κ1) is 11.5. The van der Waals surface area contributed by atoms with E-state index in [4.69, 9.17) is 0 Å². The van der Waals surface area contributed by atoms with Crippen molar-refractivity contribution in [3.05, 3.63) is 11.1 Å². The molecule has 1 fully saturated rings. The summed E-state index contributed by atoms with van der Waals surface area (Å²) < 4.78 is 0. The van der Waals surface area contributed by atoms with Crippen LogP contribution in [-0.4, -0.2) is 17.0 Å². The van der Waals surface area contributed by atoms with E-state index < -0.39 is 0 Å². The summed E-state index contributed by atoms with van der Waals surface area (Å²) in [4.78, 5) is 11.4. The third kappa shape index (κ3) is 2.20. The molecule has 0 amide bonds. The first-order chi connectivity index (χ1) is 8.24. The summed E-state index contributed by atoms with van der Waals surface area (Å²) in [5, 5.41) is 10.0. The van der Waals surface area contributed by atoms with E-state index in [1.54, 1.807) is 5.57 Å². The van der Waals surface area contributed by atoms with Crippen molar-refractivity contribution in [3.8, 4) is 0 Å². The Bertz CT molecular complexity index is 356. The quantitative estimate of drug-likeness (QED) is 0.708. The number of Topliss-reactive ketones (excluding diaryl/α,β-unsaturated/α-hetero) is 1. The summed E-state index contributed by atoms with van der Waals surface area (Å²) >= 11 is 0. The van der Waals surface area contributed by atoms with Crippen LogP contribution in [0.25, 0.3) is 0 Å². The molecular formula is C15H22O2. The van der Waals surface area contributed by atoms with Gasteiger partial charge < -0.3 is 5.11 Å². The minimum atomic E-state index is -0.0487. The molecule has 0 aliphatic heterocycles. The van der Waals surface area contributed by atoms with Crippen molar-refractivity contribution < 1.29 is 9.90 Å². The maximum Gasteiger partial charge on any atom is 0.137 e. The Balaban J connectivity index is 1.70. The number of rotatable bonds is 1. The Hall–Kier alpha value is -0.630. The number of aliphatic hydroxyl groups is 1. The van der Waals surface area contributed by atoms with Gasteiger partial charge in [0.2, 0.25) is 0 Å². The molecule has 0 aromatic carbocycles. The van der Waals surface area contributed by atoms with E-state index in [1.165, 1.54) is 31.3 Å². The normalized spacial score (nSPS) is 38.4. The van der Waals surface area contributed by atoms with Crippen LogP contribution in [0.4, 0.5) is 0 Å². The maximum absolute atomic E-state index is 11.4. The lowest BCUT2D eigenvalue weighted by molar-refractivity contribution is -0.118.